The van der Waals surface area contributed by atoms with Crippen molar-refractivity contribution >= 4 is 5.91 Å². The number of amides is 1. The number of aromatic amines is 1. The number of nitrogens with zero attached hydrogens (tertiary/aromatic N) is 3. The highest BCUT2D eigenvalue weighted by molar-refractivity contribution is 5.93. The van der Waals surface area contributed by atoms with Crippen molar-refractivity contribution in [3.05, 3.63) is 71.9 Å². The number of benzene rings is 1. The first-order valence-electron chi connectivity index (χ1n) is 9.31. The number of hydrogen-bond acceptors (Lipinski definition) is 4. The van der Waals surface area contributed by atoms with Gasteiger partial charge in [0.1, 0.15) is 11.5 Å². The third-order valence-electron chi connectivity index (χ3n) is 4.83. The fourth-order valence-electron chi connectivity index (χ4n) is 3.36. The van der Waals surface area contributed by atoms with Crippen molar-refractivity contribution in [1.82, 2.24) is 20.1 Å². The molecule has 1 aliphatic rings. The molecule has 0 bridgehead atoms. The smallest absolute Gasteiger partial charge is 0.271 e. The first kappa shape index (κ1) is 18.3. The third-order valence-corrected chi connectivity index (χ3v) is 4.83. The average molecular weight is 380 g/mol. The lowest BCUT2D eigenvalue weighted by Gasteiger charge is -2.32. The number of piperidine rings is 1. The van der Waals surface area contributed by atoms with Crippen LogP contribution in [0.4, 0.5) is 4.39 Å². The molecule has 1 N–H and O–H groups in total. The van der Waals surface area contributed by atoms with Crippen LogP contribution in [0, 0.1) is 5.82 Å². The van der Waals surface area contributed by atoms with Crippen molar-refractivity contribution in [3.63, 3.8) is 0 Å². The number of nitrogens with one attached hydrogen (secondary N) is 1. The molecule has 0 aliphatic carbocycles. The van der Waals surface area contributed by atoms with E-state index >= 15 is 0 Å². The molecule has 0 radical (unpaired) electrons. The topological polar surface area (TPSA) is 71.1 Å². The molecule has 2 aromatic heterocycles. The SMILES string of the molecule is O=C(c1cc(-c2ccccc2F)n[nH]1)N1CCCC(OCc2cccnc2)C1. The second-order valence-electron chi connectivity index (χ2n) is 6.83. The fourth-order valence-corrected chi connectivity index (χ4v) is 3.36. The summed E-state index contributed by atoms with van der Waals surface area (Å²) in [5.74, 6) is -0.514. The molecular weight excluding hydrogens is 359 g/mol. The van der Waals surface area contributed by atoms with E-state index < -0.39 is 0 Å². The lowest BCUT2D eigenvalue weighted by atomic mass is 10.1. The second kappa shape index (κ2) is 8.31. The van der Waals surface area contributed by atoms with Crippen LogP contribution in [0.3, 0.4) is 0 Å². The predicted molar refractivity (Wildman–Crippen MR) is 102 cm³/mol. The van der Waals surface area contributed by atoms with Crippen LogP contribution in [0.5, 0.6) is 0 Å². The Morgan fingerprint density at radius 2 is 2.18 bits per heavy atom. The van der Waals surface area contributed by atoms with Gasteiger partial charge in [-0.25, -0.2) is 4.39 Å². The summed E-state index contributed by atoms with van der Waals surface area (Å²) in [6.07, 6.45) is 5.27. The quantitative estimate of drug-likeness (QED) is 0.736. The largest absolute Gasteiger partial charge is 0.372 e. The molecule has 1 atom stereocenters. The molecule has 3 heterocycles. The normalized spacial score (nSPS) is 16.9. The van der Waals surface area contributed by atoms with Gasteiger partial charge in [0.15, 0.2) is 0 Å². The zero-order valence-electron chi connectivity index (χ0n) is 15.3. The summed E-state index contributed by atoms with van der Waals surface area (Å²) in [5.41, 5.74) is 2.15. The summed E-state index contributed by atoms with van der Waals surface area (Å²) in [7, 11) is 0. The van der Waals surface area contributed by atoms with Gasteiger partial charge >= 0.3 is 0 Å². The van der Waals surface area contributed by atoms with Crippen LogP contribution in [-0.2, 0) is 11.3 Å². The van der Waals surface area contributed by atoms with E-state index in [0.717, 1.165) is 18.4 Å². The van der Waals surface area contributed by atoms with Gasteiger partial charge in [-0.3, -0.25) is 14.9 Å². The maximum absolute atomic E-state index is 13.9. The van der Waals surface area contributed by atoms with Gasteiger partial charge in [-0.15, -0.1) is 0 Å². The van der Waals surface area contributed by atoms with Crippen LogP contribution in [0.2, 0.25) is 0 Å². The first-order valence-corrected chi connectivity index (χ1v) is 9.31. The number of rotatable bonds is 5. The molecule has 144 valence electrons. The summed E-state index contributed by atoms with van der Waals surface area (Å²) in [6, 6.07) is 11.8. The minimum absolute atomic E-state index is 0.0214. The van der Waals surface area contributed by atoms with E-state index in [2.05, 4.69) is 15.2 Å². The number of hydrogen-bond donors (Lipinski definition) is 1. The highest BCUT2D eigenvalue weighted by atomic mass is 19.1. The van der Waals surface area contributed by atoms with Gasteiger partial charge < -0.3 is 9.64 Å². The first-order chi connectivity index (χ1) is 13.7. The van der Waals surface area contributed by atoms with Gasteiger partial charge in [-0.2, -0.15) is 5.10 Å². The van der Waals surface area contributed by atoms with E-state index in [1.165, 1.54) is 6.07 Å². The Labute approximate surface area is 162 Å². The molecule has 0 saturated carbocycles. The van der Waals surface area contributed by atoms with Crippen molar-refractivity contribution < 1.29 is 13.9 Å². The van der Waals surface area contributed by atoms with Gasteiger partial charge in [-0.1, -0.05) is 18.2 Å². The van der Waals surface area contributed by atoms with E-state index in [0.29, 0.717) is 36.6 Å². The van der Waals surface area contributed by atoms with Crippen LogP contribution in [0.25, 0.3) is 11.3 Å². The number of ether oxygens (including phenoxy) is 1. The van der Waals surface area contributed by atoms with E-state index in [1.54, 1.807) is 41.6 Å². The number of halogens is 1. The predicted octanol–water partition coefficient (Wildman–Crippen LogP) is 3.43. The van der Waals surface area contributed by atoms with E-state index in [4.69, 9.17) is 4.74 Å². The molecule has 1 aliphatic heterocycles. The van der Waals surface area contributed by atoms with Crippen molar-refractivity contribution in [2.75, 3.05) is 13.1 Å². The highest BCUT2D eigenvalue weighted by Gasteiger charge is 2.26. The Morgan fingerprint density at radius 3 is 3.00 bits per heavy atom. The number of likely N-dealkylation sites (tertiary alicyclic amines) is 1. The molecule has 6 nitrogen and oxygen atoms in total. The van der Waals surface area contributed by atoms with Crippen molar-refractivity contribution in [2.45, 2.75) is 25.6 Å². The Bertz CT molecular complexity index is 944. The molecule has 1 aromatic carbocycles. The molecular formula is C21H21FN4O2. The summed E-state index contributed by atoms with van der Waals surface area (Å²) < 4.78 is 19.9. The minimum Gasteiger partial charge on any atom is -0.372 e. The molecule has 3 aromatic rings. The standard InChI is InChI=1S/C21H21FN4O2/c22-18-8-2-1-7-17(18)19-11-20(25-24-19)21(27)26-10-4-6-16(13-26)28-14-15-5-3-9-23-12-15/h1-3,5,7-9,11-12,16H,4,6,10,13-14H2,(H,24,25). The fraction of sp³-hybridized carbons (Fsp3) is 0.286. The summed E-state index contributed by atoms with van der Waals surface area (Å²) in [4.78, 5) is 18.7. The van der Waals surface area contributed by atoms with Crippen molar-refractivity contribution in [1.29, 1.82) is 0 Å². The Kier molecular flexibility index (Phi) is 5.43. The number of carbonyl (C=O) groups is 1. The van der Waals surface area contributed by atoms with Crippen molar-refractivity contribution in [3.8, 4) is 11.3 Å². The molecule has 4 rings (SSSR count). The van der Waals surface area contributed by atoms with Crippen LogP contribution in [0.1, 0.15) is 28.9 Å². The Balaban J connectivity index is 1.40. The Morgan fingerprint density at radius 1 is 1.29 bits per heavy atom. The lowest BCUT2D eigenvalue weighted by molar-refractivity contribution is -0.00697. The Hall–Kier alpha value is -3.06. The molecule has 1 unspecified atom stereocenters. The average Bonchev–Trinajstić information content (AvgIpc) is 3.23. The second-order valence-corrected chi connectivity index (χ2v) is 6.83. The summed E-state index contributed by atoms with van der Waals surface area (Å²) in [6.45, 7) is 1.66. The van der Waals surface area contributed by atoms with Gasteiger partial charge in [0, 0.05) is 31.0 Å². The van der Waals surface area contributed by atoms with Gasteiger partial charge in [-0.05, 0) is 42.7 Å². The monoisotopic (exact) mass is 380 g/mol. The van der Waals surface area contributed by atoms with Crippen LogP contribution in [-0.4, -0.2) is 45.2 Å². The molecule has 0 spiro atoms. The molecule has 1 amide bonds. The lowest BCUT2D eigenvalue weighted by Crippen LogP contribution is -2.43. The number of H-pyrrole nitrogens is 1. The van der Waals surface area contributed by atoms with Gasteiger partial charge in [0.05, 0.1) is 18.4 Å². The van der Waals surface area contributed by atoms with Crippen LogP contribution >= 0.6 is 0 Å². The highest BCUT2D eigenvalue weighted by Crippen LogP contribution is 2.22. The maximum atomic E-state index is 13.9. The van der Waals surface area contributed by atoms with Crippen LogP contribution in [0.15, 0.2) is 54.9 Å². The van der Waals surface area contributed by atoms with E-state index in [-0.39, 0.29) is 17.8 Å². The number of aromatic nitrogens is 3. The zero-order valence-corrected chi connectivity index (χ0v) is 15.3. The van der Waals surface area contributed by atoms with Crippen molar-refractivity contribution in [2.24, 2.45) is 0 Å². The van der Waals surface area contributed by atoms with E-state index in [9.17, 15) is 9.18 Å². The minimum atomic E-state index is -0.366. The zero-order chi connectivity index (χ0) is 19.3. The van der Waals surface area contributed by atoms with Gasteiger partial charge in [0.25, 0.3) is 5.91 Å². The molecule has 28 heavy (non-hydrogen) atoms. The molecule has 1 saturated heterocycles. The van der Waals surface area contributed by atoms with E-state index in [1.807, 2.05) is 12.1 Å². The summed E-state index contributed by atoms with van der Waals surface area (Å²) in [5, 5.41) is 6.85. The maximum Gasteiger partial charge on any atom is 0.271 e. The molecule has 7 heteroatoms. The summed E-state index contributed by atoms with van der Waals surface area (Å²) >= 11 is 0. The third kappa shape index (κ3) is 4.09. The molecule has 1 fully saturated rings. The van der Waals surface area contributed by atoms with Crippen LogP contribution < -0.4 is 0 Å². The number of carbonyl (C=O) groups excluding carboxylic acids is 1. The van der Waals surface area contributed by atoms with Gasteiger partial charge in [0.2, 0.25) is 0 Å². The number of pyridine rings is 1.